The molecule has 4 heteroatoms. The Morgan fingerprint density at radius 2 is 2.11 bits per heavy atom. The fourth-order valence-electron chi connectivity index (χ4n) is 2.16. The molecule has 0 aliphatic carbocycles. The molecule has 0 aliphatic heterocycles. The highest BCUT2D eigenvalue weighted by atomic mass is 35.5. The molecule has 2 rings (SSSR count). The second kappa shape index (κ2) is 6.24. The van der Waals surface area contributed by atoms with Gasteiger partial charge in [-0.05, 0) is 43.3 Å². The Hall–Kier alpha value is -1.29. The van der Waals surface area contributed by atoms with Gasteiger partial charge < -0.3 is 14.5 Å². The summed E-state index contributed by atoms with van der Waals surface area (Å²) in [4.78, 5) is 0. The van der Waals surface area contributed by atoms with E-state index in [0.717, 1.165) is 27.7 Å². The van der Waals surface area contributed by atoms with Gasteiger partial charge in [0, 0.05) is 12.1 Å². The smallest absolute Gasteiger partial charge is 0.129 e. The summed E-state index contributed by atoms with van der Waals surface area (Å²) in [5.41, 5.74) is 2.18. The molecule has 1 heterocycles. The van der Waals surface area contributed by atoms with E-state index in [2.05, 4.69) is 11.4 Å². The van der Waals surface area contributed by atoms with Gasteiger partial charge in [0.05, 0.1) is 6.04 Å². The Morgan fingerprint density at radius 1 is 1.32 bits per heavy atom. The summed E-state index contributed by atoms with van der Waals surface area (Å²) in [6, 6.07) is 9.80. The molecular weight excluding hydrogens is 262 g/mol. The monoisotopic (exact) mass is 279 g/mol. The minimum absolute atomic E-state index is 0.00990. The molecule has 0 radical (unpaired) electrons. The Kier molecular flexibility index (Phi) is 4.64. The fourth-order valence-corrected chi connectivity index (χ4v) is 2.34. The van der Waals surface area contributed by atoms with Crippen LogP contribution in [0.3, 0.4) is 0 Å². The van der Waals surface area contributed by atoms with Crippen molar-refractivity contribution in [2.75, 3.05) is 14.2 Å². The predicted octanol–water partition coefficient (Wildman–Crippen LogP) is 3.70. The lowest BCUT2D eigenvalue weighted by atomic mass is 9.99. The van der Waals surface area contributed by atoms with Gasteiger partial charge in [0.1, 0.15) is 18.1 Å². The first-order valence-electron chi connectivity index (χ1n) is 6.17. The molecule has 2 aromatic rings. The maximum absolute atomic E-state index is 6.18. The summed E-state index contributed by atoms with van der Waals surface area (Å²) in [6.07, 6.45) is 0. The number of halogens is 1. The Bertz CT molecular complexity index is 551. The van der Waals surface area contributed by atoms with Gasteiger partial charge in [-0.2, -0.15) is 0 Å². The van der Waals surface area contributed by atoms with Crippen molar-refractivity contribution in [3.8, 4) is 0 Å². The standard InChI is InChI=1S/C15H18ClNO2/c1-10-12(5-4-6-13(10)16)15(17-2)14-8-7-11(19-14)9-18-3/h4-8,15,17H,9H2,1-3H3. The second-order valence-electron chi connectivity index (χ2n) is 4.41. The Labute approximate surface area is 118 Å². The molecule has 0 saturated heterocycles. The maximum Gasteiger partial charge on any atom is 0.129 e. The van der Waals surface area contributed by atoms with Crippen LogP contribution in [0.5, 0.6) is 0 Å². The van der Waals surface area contributed by atoms with Crippen molar-refractivity contribution in [1.82, 2.24) is 5.32 Å². The molecule has 0 amide bonds. The number of ether oxygens (including phenoxy) is 1. The molecule has 0 aliphatic rings. The van der Waals surface area contributed by atoms with Gasteiger partial charge >= 0.3 is 0 Å². The summed E-state index contributed by atoms with van der Waals surface area (Å²) in [5, 5.41) is 4.03. The highest BCUT2D eigenvalue weighted by molar-refractivity contribution is 6.31. The summed E-state index contributed by atoms with van der Waals surface area (Å²) in [5.74, 6) is 1.68. The van der Waals surface area contributed by atoms with Crippen molar-refractivity contribution in [1.29, 1.82) is 0 Å². The third-order valence-corrected chi connectivity index (χ3v) is 3.57. The Balaban J connectivity index is 2.35. The lowest BCUT2D eigenvalue weighted by molar-refractivity contribution is 0.162. The van der Waals surface area contributed by atoms with Gasteiger partial charge in [0.2, 0.25) is 0 Å². The van der Waals surface area contributed by atoms with E-state index in [-0.39, 0.29) is 6.04 Å². The minimum atomic E-state index is -0.00990. The van der Waals surface area contributed by atoms with E-state index in [1.165, 1.54) is 0 Å². The van der Waals surface area contributed by atoms with Crippen molar-refractivity contribution in [3.63, 3.8) is 0 Å². The van der Waals surface area contributed by atoms with Gasteiger partial charge in [-0.15, -0.1) is 0 Å². The largest absolute Gasteiger partial charge is 0.462 e. The van der Waals surface area contributed by atoms with E-state index in [9.17, 15) is 0 Å². The zero-order valence-corrected chi connectivity index (χ0v) is 12.1. The highest BCUT2D eigenvalue weighted by Gasteiger charge is 2.18. The number of hydrogen-bond acceptors (Lipinski definition) is 3. The van der Waals surface area contributed by atoms with Crippen LogP contribution in [0.1, 0.15) is 28.7 Å². The quantitative estimate of drug-likeness (QED) is 0.906. The van der Waals surface area contributed by atoms with Gasteiger partial charge in [-0.3, -0.25) is 0 Å². The molecule has 1 N–H and O–H groups in total. The zero-order chi connectivity index (χ0) is 13.8. The molecule has 1 aromatic heterocycles. The molecule has 1 atom stereocenters. The minimum Gasteiger partial charge on any atom is -0.462 e. The molecule has 3 nitrogen and oxygen atoms in total. The van der Waals surface area contributed by atoms with E-state index in [0.29, 0.717) is 6.61 Å². The van der Waals surface area contributed by atoms with Crippen molar-refractivity contribution in [3.05, 3.63) is 58.0 Å². The molecule has 0 spiro atoms. The van der Waals surface area contributed by atoms with Crippen LogP contribution in [0.15, 0.2) is 34.7 Å². The normalized spacial score (nSPS) is 12.6. The van der Waals surface area contributed by atoms with Crippen molar-refractivity contribution < 1.29 is 9.15 Å². The summed E-state index contributed by atoms with van der Waals surface area (Å²) >= 11 is 6.18. The van der Waals surface area contributed by atoms with Gasteiger partial charge in [0.15, 0.2) is 0 Å². The van der Waals surface area contributed by atoms with Crippen LogP contribution in [0, 0.1) is 6.92 Å². The number of methoxy groups -OCH3 is 1. The lowest BCUT2D eigenvalue weighted by Gasteiger charge is -2.17. The van der Waals surface area contributed by atoms with E-state index >= 15 is 0 Å². The molecule has 1 aromatic carbocycles. The summed E-state index contributed by atoms with van der Waals surface area (Å²) < 4.78 is 10.9. The van der Waals surface area contributed by atoms with Crippen LogP contribution < -0.4 is 5.32 Å². The summed E-state index contributed by atoms with van der Waals surface area (Å²) in [7, 11) is 3.56. The third kappa shape index (κ3) is 3.00. The topological polar surface area (TPSA) is 34.4 Å². The fraction of sp³-hybridized carbons (Fsp3) is 0.333. The number of furan rings is 1. The summed E-state index contributed by atoms with van der Waals surface area (Å²) in [6.45, 7) is 2.49. The van der Waals surface area contributed by atoms with Crippen LogP contribution in [0.4, 0.5) is 0 Å². The van der Waals surface area contributed by atoms with E-state index in [1.807, 2.05) is 38.2 Å². The molecule has 19 heavy (non-hydrogen) atoms. The van der Waals surface area contributed by atoms with Gasteiger partial charge in [-0.1, -0.05) is 23.7 Å². The maximum atomic E-state index is 6.18. The average Bonchev–Trinajstić information content (AvgIpc) is 2.84. The van der Waals surface area contributed by atoms with Crippen LogP contribution in [-0.2, 0) is 11.3 Å². The van der Waals surface area contributed by atoms with Crippen molar-refractivity contribution >= 4 is 11.6 Å². The van der Waals surface area contributed by atoms with Crippen LogP contribution in [-0.4, -0.2) is 14.2 Å². The zero-order valence-electron chi connectivity index (χ0n) is 11.4. The van der Waals surface area contributed by atoms with Gasteiger partial charge in [0.25, 0.3) is 0 Å². The number of benzene rings is 1. The highest BCUT2D eigenvalue weighted by Crippen LogP contribution is 2.29. The first kappa shape index (κ1) is 14.1. The Morgan fingerprint density at radius 3 is 2.79 bits per heavy atom. The first-order valence-corrected chi connectivity index (χ1v) is 6.55. The van der Waals surface area contributed by atoms with Crippen molar-refractivity contribution in [2.24, 2.45) is 0 Å². The number of nitrogens with one attached hydrogen (secondary N) is 1. The van der Waals surface area contributed by atoms with E-state index in [1.54, 1.807) is 7.11 Å². The molecule has 0 fully saturated rings. The molecule has 0 saturated carbocycles. The van der Waals surface area contributed by atoms with Crippen LogP contribution >= 0.6 is 11.6 Å². The molecule has 1 unspecified atom stereocenters. The number of hydrogen-bond donors (Lipinski definition) is 1. The molecular formula is C15H18ClNO2. The molecule has 102 valence electrons. The first-order chi connectivity index (χ1) is 9.17. The van der Waals surface area contributed by atoms with Crippen LogP contribution in [0.25, 0.3) is 0 Å². The average molecular weight is 280 g/mol. The second-order valence-corrected chi connectivity index (χ2v) is 4.82. The predicted molar refractivity (Wildman–Crippen MR) is 76.5 cm³/mol. The van der Waals surface area contributed by atoms with Gasteiger partial charge in [-0.25, -0.2) is 0 Å². The van der Waals surface area contributed by atoms with Crippen LogP contribution in [0.2, 0.25) is 5.02 Å². The third-order valence-electron chi connectivity index (χ3n) is 3.16. The van der Waals surface area contributed by atoms with E-state index in [4.69, 9.17) is 20.8 Å². The van der Waals surface area contributed by atoms with E-state index < -0.39 is 0 Å². The lowest BCUT2D eigenvalue weighted by Crippen LogP contribution is -2.18. The van der Waals surface area contributed by atoms with Crippen molar-refractivity contribution in [2.45, 2.75) is 19.6 Å². The number of rotatable bonds is 5. The SMILES string of the molecule is CNC(c1ccc(COC)o1)c1cccc(Cl)c1C. The molecule has 0 bridgehead atoms.